The lowest BCUT2D eigenvalue weighted by Crippen LogP contribution is -2.50. The summed E-state index contributed by atoms with van der Waals surface area (Å²) < 4.78 is 5.16. The number of carbonyl (C=O) groups is 2. The molecule has 0 aliphatic carbocycles. The van der Waals surface area contributed by atoms with Crippen LogP contribution in [0, 0.1) is 0 Å². The fourth-order valence-electron chi connectivity index (χ4n) is 1.78. The second-order valence-electron chi connectivity index (χ2n) is 5.51. The summed E-state index contributed by atoms with van der Waals surface area (Å²) in [5, 5.41) is 8.94. The van der Waals surface area contributed by atoms with Crippen molar-refractivity contribution < 1.29 is 19.4 Å². The molecule has 0 spiro atoms. The number of carbonyl (C=O) groups excluding carboxylic acids is 1. The fourth-order valence-corrected chi connectivity index (χ4v) is 1.78. The molecule has 1 atom stereocenters. The summed E-state index contributed by atoms with van der Waals surface area (Å²) in [7, 11) is 0. The fraction of sp³-hybridized carbons (Fsp3) is 0.818. The van der Waals surface area contributed by atoms with Crippen LogP contribution in [0.3, 0.4) is 0 Å². The van der Waals surface area contributed by atoms with Crippen LogP contribution in [0.15, 0.2) is 0 Å². The first kappa shape index (κ1) is 13.9. The highest BCUT2D eigenvalue weighted by atomic mass is 16.6. The molecule has 1 unspecified atom stereocenters. The first-order valence-corrected chi connectivity index (χ1v) is 5.59. The van der Waals surface area contributed by atoms with E-state index in [0.717, 1.165) is 0 Å². The van der Waals surface area contributed by atoms with Gasteiger partial charge in [-0.05, 0) is 27.2 Å². The number of likely N-dealkylation sites (tertiary alicyclic amines) is 1. The summed E-state index contributed by atoms with van der Waals surface area (Å²) in [5.41, 5.74) is 3.94. The van der Waals surface area contributed by atoms with Gasteiger partial charge in [-0.15, -0.1) is 0 Å². The highest BCUT2D eigenvalue weighted by Gasteiger charge is 2.41. The van der Waals surface area contributed by atoms with Crippen molar-refractivity contribution >= 4 is 11.9 Å². The van der Waals surface area contributed by atoms with Crippen molar-refractivity contribution in [2.45, 2.75) is 38.3 Å². The second kappa shape index (κ2) is 4.62. The molecule has 1 heterocycles. The van der Waals surface area contributed by atoms with E-state index in [9.17, 15) is 9.59 Å². The Balaban J connectivity index is 2.46. The highest BCUT2D eigenvalue weighted by molar-refractivity contribution is 5.79. The average Bonchev–Trinajstić information content (AvgIpc) is 2.45. The second-order valence-corrected chi connectivity index (χ2v) is 5.51. The van der Waals surface area contributed by atoms with Crippen LogP contribution in [0.1, 0.15) is 27.2 Å². The molecule has 1 fully saturated rings. The summed E-state index contributed by atoms with van der Waals surface area (Å²) in [5.74, 6) is -1.38. The number of nitrogens with two attached hydrogens (primary N) is 1. The van der Waals surface area contributed by atoms with Crippen molar-refractivity contribution in [1.29, 1.82) is 0 Å². The molecular formula is C11H20N2O4. The average molecular weight is 244 g/mol. The topological polar surface area (TPSA) is 92.9 Å². The summed E-state index contributed by atoms with van der Waals surface area (Å²) in [6.45, 7) is 6.14. The maximum atomic E-state index is 11.5. The maximum Gasteiger partial charge on any atom is 0.325 e. The van der Waals surface area contributed by atoms with Crippen molar-refractivity contribution in [2.24, 2.45) is 5.73 Å². The predicted molar refractivity (Wildman–Crippen MR) is 61.5 cm³/mol. The molecule has 6 heteroatoms. The van der Waals surface area contributed by atoms with Gasteiger partial charge in [0.1, 0.15) is 11.1 Å². The lowest BCUT2D eigenvalue weighted by atomic mass is 10.0. The predicted octanol–water partition coefficient (Wildman–Crippen LogP) is -0.184. The van der Waals surface area contributed by atoms with Crippen LogP contribution >= 0.6 is 0 Å². The normalized spacial score (nSPS) is 25.9. The van der Waals surface area contributed by atoms with Crippen LogP contribution in [0.2, 0.25) is 0 Å². The van der Waals surface area contributed by atoms with Crippen LogP contribution in [0.25, 0.3) is 0 Å². The first-order valence-electron chi connectivity index (χ1n) is 5.59. The maximum absolute atomic E-state index is 11.5. The minimum absolute atomic E-state index is 0.0868. The Labute approximate surface area is 101 Å². The van der Waals surface area contributed by atoms with Crippen LogP contribution in [-0.4, -0.2) is 52.7 Å². The Bertz CT molecular complexity index is 324. The van der Waals surface area contributed by atoms with Crippen LogP contribution < -0.4 is 5.73 Å². The lowest BCUT2D eigenvalue weighted by molar-refractivity contribution is -0.156. The number of nitrogens with zero attached hydrogens (tertiary/aromatic N) is 1. The molecule has 0 amide bonds. The van der Waals surface area contributed by atoms with Gasteiger partial charge in [0.05, 0.1) is 6.54 Å². The Hall–Kier alpha value is -1.14. The Kier molecular flexibility index (Phi) is 3.78. The molecule has 1 rings (SSSR count). The number of hydrogen-bond acceptors (Lipinski definition) is 5. The van der Waals surface area contributed by atoms with E-state index < -0.39 is 17.1 Å². The Morgan fingerprint density at radius 2 is 2.06 bits per heavy atom. The van der Waals surface area contributed by atoms with E-state index >= 15 is 0 Å². The van der Waals surface area contributed by atoms with Gasteiger partial charge in [-0.3, -0.25) is 14.5 Å². The summed E-state index contributed by atoms with van der Waals surface area (Å²) in [6.07, 6.45) is 0.352. The van der Waals surface area contributed by atoms with Gasteiger partial charge in [-0.1, -0.05) is 0 Å². The van der Waals surface area contributed by atoms with E-state index in [0.29, 0.717) is 13.0 Å². The SMILES string of the molecule is CC(C)(C)OC(=O)CN1CCC(N)(C(=O)O)C1. The highest BCUT2D eigenvalue weighted by Crippen LogP contribution is 2.19. The van der Waals surface area contributed by atoms with Crippen molar-refractivity contribution in [3.8, 4) is 0 Å². The lowest BCUT2D eigenvalue weighted by Gasteiger charge is -2.23. The molecule has 0 aromatic heterocycles. The third-order valence-electron chi connectivity index (χ3n) is 2.58. The molecule has 98 valence electrons. The minimum Gasteiger partial charge on any atom is -0.480 e. The van der Waals surface area contributed by atoms with Crippen LogP contribution in [-0.2, 0) is 14.3 Å². The van der Waals surface area contributed by atoms with Gasteiger partial charge < -0.3 is 15.6 Å². The zero-order valence-corrected chi connectivity index (χ0v) is 10.5. The van der Waals surface area contributed by atoms with Gasteiger partial charge in [0.25, 0.3) is 0 Å². The van der Waals surface area contributed by atoms with Crippen molar-refractivity contribution in [3.05, 3.63) is 0 Å². The summed E-state index contributed by atoms with van der Waals surface area (Å²) in [6, 6.07) is 0. The van der Waals surface area contributed by atoms with E-state index in [1.165, 1.54) is 0 Å². The third-order valence-corrected chi connectivity index (χ3v) is 2.58. The van der Waals surface area contributed by atoms with Crippen molar-refractivity contribution in [3.63, 3.8) is 0 Å². The number of ether oxygens (including phenoxy) is 1. The molecule has 0 aromatic carbocycles. The van der Waals surface area contributed by atoms with Gasteiger partial charge in [0.2, 0.25) is 0 Å². The monoisotopic (exact) mass is 244 g/mol. The van der Waals surface area contributed by atoms with E-state index in [-0.39, 0.29) is 19.1 Å². The standard InChI is InChI=1S/C11H20N2O4/c1-10(2,3)17-8(14)6-13-5-4-11(12,7-13)9(15)16/h4-7,12H2,1-3H3,(H,15,16). The molecule has 3 N–H and O–H groups in total. The van der Waals surface area contributed by atoms with Crippen molar-refractivity contribution in [1.82, 2.24) is 4.90 Å². The van der Waals surface area contributed by atoms with E-state index in [4.69, 9.17) is 15.6 Å². The zero-order chi connectivity index (χ0) is 13.3. The molecule has 0 saturated carbocycles. The first-order chi connectivity index (χ1) is 7.62. The minimum atomic E-state index is -1.23. The Morgan fingerprint density at radius 3 is 2.47 bits per heavy atom. The van der Waals surface area contributed by atoms with E-state index in [1.807, 2.05) is 0 Å². The molecule has 0 aromatic rings. The van der Waals surface area contributed by atoms with Crippen LogP contribution in [0.4, 0.5) is 0 Å². The molecular weight excluding hydrogens is 224 g/mol. The van der Waals surface area contributed by atoms with Gasteiger partial charge in [-0.25, -0.2) is 0 Å². The molecule has 1 saturated heterocycles. The van der Waals surface area contributed by atoms with Gasteiger partial charge >= 0.3 is 11.9 Å². The number of rotatable bonds is 3. The van der Waals surface area contributed by atoms with Gasteiger partial charge in [0.15, 0.2) is 0 Å². The molecule has 0 bridgehead atoms. The quantitative estimate of drug-likeness (QED) is 0.669. The van der Waals surface area contributed by atoms with Gasteiger partial charge in [-0.2, -0.15) is 0 Å². The third kappa shape index (κ3) is 3.98. The largest absolute Gasteiger partial charge is 0.480 e. The molecule has 17 heavy (non-hydrogen) atoms. The number of carboxylic acids is 1. The number of hydrogen-bond donors (Lipinski definition) is 2. The molecule has 1 aliphatic heterocycles. The number of carboxylic acid groups (broad SMARTS) is 1. The molecule has 6 nitrogen and oxygen atoms in total. The van der Waals surface area contributed by atoms with Gasteiger partial charge in [0, 0.05) is 13.1 Å². The van der Waals surface area contributed by atoms with Crippen LogP contribution in [0.5, 0.6) is 0 Å². The van der Waals surface area contributed by atoms with E-state index in [2.05, 4.69) is 0 Å². The smallest absolute Gasteiger partial charge is 0.325 e. The zero-order valence-electron chi connectivity index (χ0n) is 10.5. The molecule has 1 aliphatic rings. The molecule has 0 radical (unpaired) electrons. The number of aliphatic carboxylic acids is 1. The van der Waals surface area contributed by atoms with E-state index in [1.54, 1.807) is 25.7 Å². The Morgan fingerprint density at radius 1 is 1.47 bits per heavy atom. The summed E-state index contributed by atoms with van der Waals surface area (Å²) >= 11 is 0. The summed E-state index contributed by atoms with van der Waals surface area (Å²) in [4.78, 5) is 24.2. The van der Waals surface area contributed by atoms with Crippen molar-refractivity contribution in [2.75, 3.05) is 19.6 Å². The number of esters is 1.